The van der Waals surface area contributed by atoms with E-state index in [1.54, 1.807) is 0 Å². The van der Waals surface area contributed by atoms with Crippen molar-refractivity contribution in [2.24, 2.45) is 17.8 Å². The predicted octanol–water partition coefficient (Wildman–Crippen LogP) is 3.58. The van der Waals surface area contributed by atoms with Gasteiger partial charge in [0, 0.05) is 22.6 Å². The summed E-state index contributed by atoms with van der Waals surface area (Å²) in [6.07, 6.45) is 4.79. The summed E-state index contributed by atoms with van der Waals surface area (Å²) >= 11 is 0. The molecule has 19 heavy (non-hydrogen) atoms. The molecular weight excluding hydrogens is 254 g/mol. The first-order valence-corrected chi connectivity index (χ1v) is 9.48. The first-order chi connectivity index (χ1) is 8.99. The molecule has 0 spiro atoms. The quantitative estimate of drug-likeness (QED) is 0.775. The largest absolute Gasteiger partial charge is 0.313 e. The molecule has 1 rings (SSSR count). The molecule has 0 aromatic carbocycles. The normalized spacial score (nSPS) is 31.4. The van der Waals surface area contributed by atoms with Gasteiger partial charge in [0.25, 0.3) is 0 Å². The smallest absolute Gasteiger partial charge is 0.0504 e. The Morgan fingerprint density at radius 1 is 1.21 bits per heavy atom. The van der Waals surface area contributed by atoms with E-state index in [1.807, 2.05) is 0 Å². The zero-order chi connectivity index (χ0) is 14.4. The maximum Gasteiger partial charge on any atom is 0.0504 e. The Bertz CT molecular complexity index is 280. The van der Waals surface area contributed by atoms with Crippen molar-refractivity contribution >= 4 is 10.8 Å². The first kappa shape index (κ1) is 17.2. The Labute approximate surface area is 122 Å². The van der Waals surface area contributed by atoms with Crippen molar-refractivity contribution in [3.8, 4) is 0 Å². The van der Waals surface area contributed by atoms with Crippen LogP contribution in [0.15, 0.2) is 0 Å². The summed E-state index contributed by atoms with van der Waals surface area (Å²) in [5.41, 5.74) is 0. The van der Waals surface area contributed by atoms with Gasteiger partial charge >= 0.3 is 0 Å². The molecule has 0 aromatic rings. The van der Waals surface area contributed by atoms with E-state index in [-0.39, 0.29) is 0 Å². The van der Waals surface area contributed by atoms with Gasteiger partial charge in [-0.1, -0.05) is 41.0 Å². The Balaban J connectivity index is 2.67. The van der Waals surface area contributed by atoms with Crippen LogP contribution in [-0.4, -0.2) is 27.8 Å². The maximum atomic E-state index is 12.7. The molecule has 0 amide bonds. The Morgan fingerprint density at radius 2 is 1.89 bits per heavy atom. The lowest BCUT2D eigenvalue weighted by Gasteiger charge is -2.38. The minimum Gasteiger partial charge on any atom is -0.313 e. The molecule has 1 N–H and O–H groups in total. The Morgan fingerprint density at radius 3 is 2.42 bits per heavy atom. The molecule has 1 saturated carbocycles. The summed E-state index contributed by atoms with van der Waals surface area (Å²) in [6.45, 7) is 12.2. The van der Waals surface area contributed by atoms with E-state index in [0.29, 0.717) is 17.2 Å². The molecule has 114 valence electrons. The number of nitrogens with one attached hydrogen (secondary N) is 1. The molecular formula is C16H33NOS. The van der Waals surface area contributed by atoms with Crippen molar-refractivity contribution in [1.82, 2.24) is 5.32 Å². The van der Waals surface area contributed by atoms with Crippen molar-refractivity contribution in [3.05, 3.63) is 0 Å². The molecule has 0 radical (unpaired) electrons. The summed E-state index contributed by atoms with van der Waals surface area (Å²) in [7, 11) is -0.668. The summed E-state index contributed by atoms with van der Waals surface area (Å²) in [5.74, 6) is 2.96. The number of rotatable bonds is 7. The maximum absolute atomic E-state index is 12.7. The standard InChI is InChI=1S/C16H33NOS/c1-6-13(5)11-19(18)16-10-14(12(3)4)8-9-15(16)17-7-2/h12-17H,6-11H2,1-5H3. The van der Waals surface area contributed by atoms with Gasteiger partial charge in [-0.2, -0.15) is 0 Å². The average Bonchev–Trinajstić information content (AvgIpc) is 2.38. The third-order valence-electron chi connectivity index (χ3n) is 4.72. The molecule has 1 aliphatic rings. The molecule has 0 bridgehead atoms. The topological polar surface area (TPSA) is 29.1 Å². The monoisotopic (exact) mass is 287 g/mol. The third kappa shape index (κ3) is 5.18. The lowest BCUT2D eigenvalue weighted by Crippen LogP contribution is -2.47. The molecule has 3 heteroatoms. The molecule has 0 heterocycles. The zero-order valence-corrected chi connectivity index (χ0v) is 14.3. The van der Waals surface area contributed by atoms with Crippen LogP contribution in [0.1, 0.15) is 60.3 Å². The van der Waals surface area contributed by atoms with E-state index >= 15 is 0 Å². The van der Waals surface area contributed by atoms with E-state index in [0.717, 1.165) is 37.0 Å². The van der Waals surface area contributed by atoms with Crippen LogP contribution >= 0.6 is 0 Å². The Hall–Kier alpha value is 0.110. The highest BCUT2D eigenvalue weighted by atomic mass is 32.2. The van der Waals surface area contributed by atoms with Crippen LogP contribution in [0, 0.1) is 17.8 Å². The van der Waals surface area contributed by atoms with Crippen molar-refractivity contribution in [2.75, 3.05) is 12.3 Å². The molecule has 1 fully saturated rings. The van der Waals surface area contributed by atoms with E-state index in [4.69, 9.17) is 0 Å². The van der Waals surface area contributed by atoms with Crippen molar-refractivity contribution in [2.45, 2.75) is 71.6 Å². The van der Waals surface area contributed by atoms with Crippen LogP contribution in [0.4, 0.5) is 0 Å². The fourth-order valence-corrected chi connectivity index (χ4v) is 5.18. The highest BCUT2D eigenvalue weighted by molar-refractivity contribution is 7.85. The van der Waals surface area contributed by atoms with Gasteiger partial charge in [0.15, 0.2) is 0 Å². The Kier molecular flexibility index (Phi) is 7.60. The second-order valence-electron chi connectivity index (χ2n) is 6.58. The van der Waals surface area contributed by atoms with Gasteiger partial charge in [-0.05, 0) is 43.6 Å². The van der Waals surface area contributed by atoms with E-state index < -0.39 is 10.8 Å². The van der Waals surface area contributed by atoms with Crippen LogP contribution in [0.2, 0.25) is 0 Å². The lowest BCUT2D eigenvalue weighted by molar-refractivity contribution is 0.245. The number of hydrogen-bond acceptors (Lipinski definition) is 2. The lowest BCUT2D eigenvalue weighted by atomic mass is 9.79. The minimum atomic E-state index is -0.668. The van der Waals surface area contributed by atoms with Gasteiger partial charge in [0.2, 0.25) is 0 Å². The van der Waals surface area contributed by atoms with Gasteiger partial charge in [-0.25, -0.2) is 0 Å². The molecule has 0 saturated heterocycles. The average molecular weight is 288 g/mol. The van der Waals surface area contributed by atoms with Gasteiger partial charge in [-0.3, -0.25) is 4.21 Å². The van der Waals surface area contributed by atoms with E-state index in [1.165, 1.54) is 12.8 Å². The fraction of sp³-hybridized carbons (Fsp3) is 1.00. The molecule has 0 aliphatic heterocycles. The molecule has 0 aromatic heterocycles. The van der Waals surface area contributed by atoms with Crippen LogP contribution in [0.3, 0.4) is 0 Å². The van der Waals surface area contributed by atoms with Crippen molar-refractivity contribution in [3.63, 3.8) is 0 Å². The molecule has 5 atom stereocenters. The second kappa shape index (κ2) is 8.41. The van der Waals surface area contributed by atoms with Crippen LogP contribution < -0.4 is 5.32 Å². The van der Waals surface area contributed by atoms with Crippen LogP contribution in [0.25, 0.3) is 0 Å². The number of hydrogen-bond donors (Lipinski definition) is 1. The SMILES string of the molecule is CCNC1CCC(C(C)C)CC1S(=O)CC(C)CC. The summed E-state index contributed by atoms with van der Waals surface area (Å²) in [5, 5.41) is 3.94. The third-order valence-corrected chi connectivity index (χ3v) is 6.82. The molecule has 5 unspecified atom stereocenters. The summed E-state index contributed by atoms with van der Waals surface area (Å²) in [6, 6.07) is 0.477. The van der Waals surface area contributed by atoms with Crippen molar-refractivity contribution in [1.29, 1.82) is 0 Å². The first-order valence-electron chi connectivity index (χ1n) is 8.10. The molecule has 1 aliphatic carbocycles. The van der Waals surface area contributed by atoms with Gasteiger partial charge in [0.1, 0.15) is 0 Å². The highest BCUT2D eigenvalue weighted by Gasteiger charge is 2.35. The van der Waals surface area contributed by atoms with Gasteiger partial charge in [0.05, 0.1) is 5.25 Å². The fourth-order valence-electron chi connectivity index (χ4n) is 3.07. The molecule has 2 nitrogen and oxygen atoms in total. The van der Waals surface area contributed by atoms with Gasteiger partial charge in [-0.15, -0.1) is 0 Å². The summed E-state index contributed by atoms with van der Waals surface area (Å²) < 4.78 is 12.7. The van der Waals surface area contributed by atoms with Crippen LogP contribution in [-0.2, 0) is 10.8 Å². The second-order valence-corrected chi connectivity index (χ2v) is 8.28. The predicted molar refractivity (Wildman–Crippen MR) is 85.9 cm³/mol. The minimum absolute atomic E-state index is 0.370. The zero-order valence-electron chi connectivity index (χ0n) is 13.4. The van der Waals surface area contributed by atoms with E-state index in [2.05, 4.69) is 39.9 Å². The van der Waals surface area contributed by atoms with Crippen LogP contribution in [0.5, 0.6) is 0 Å². The van der Waals surface area contributed by atoms with Crippen molar-refractivity contribution < 1.29 is 4.21 Å². The summed E-state index contributed by atoms with van der Waals surface area (Å²) in [4.78, 5) is 0. The van der Waals surface area contributed by atoms with E-state index in [9.17, 15) is 4.21 Å². The van der Waals surface area contributed by atoms with Gasteiger partial charge < -0.3 is 5.32 Å². The highest BCUT2D eigenvalue weighted by Crippen LogP contribution is 2.33.